The molecule has 0 saturated heterocycles. The van der Waals surface area contributed by atoms with Crippen LogP contribution in [0, 0.1) is 6.92 Å². The number of aromatic nitrogens is 3. The van der Waals surface area contributed by atoms with Gasteiger partial charge in [-0.2, -0.15) is 5.10 Å². The summed E-state index contributed by atoms with van der Waals surface area (Å²) in [5.74, 6) is 0. The second-order valence-corrected chi connectivity index (χ2v) is 5.05. The summed E-state index contributed by atoms with van der Waals surface area (Å²) >= 11 is 1.68. The number of nitrogens with one attached hydrogen (secondary N) is 1. The standard InChI is InChI=1S/C12H18N4S/c1-4-5-14-11(10-7-13-8-17-10)12-9(2)6-15-16(12)3/h6-8,11,14H,4-5H2,1-3H3. The van der Waals surface area contributed by atoms with Gasteiger partial charge in [-0.1, -0.05) is 6.92 Å². The molecule has 0 saturated carbocycles. The maximum Gasteiger partial charge on any atom is 0.0860 e. The Labute approximate surface area is 106 Å². The molecular weight excluding hydrogens is 232 g/mol. The average molecular weight is 250 g/mol. The third-order valence-corrected chi connectivity index (χ3v) is 3.63. The first-order valence-corrected chi connectivity index (χ1v) is 6.72. The minimum Gasteiger partial charge on any atom is -0.304 e. The summed E-state index contributed by atoms with van der Waals surface area (Å²) in [6, 6.07) is 0.204. The molecule has 0 aliphatic carbocycles. The van der Waals surface area contributed by atoms with Crippen molar-refractivity contribution in [1.29, 1.82) is 0 Å². The van der Waals surface area contributed by atoms with Gasteiger partial charge in [0.2, 0.25) is 0 Å². The van der Waals surface area contributed by atoms with Gasteiger partial charge in [-0.15, -0.1) is 11.3 Å². The molecule has 2 rings (SSSR count). The summed E-state index contributed by atoms with van der Waals surface area (Å²) in [6.45, 7) is 5.27. The van der Waals surface area contributed by atoms with Crippen molar-refractivity contribution in [1.82, 2.24) is 20.1 Å². The van der Waals surface area contributed by atoms with Crippen molar-refractivity contribution in [3.05, 3.63) is 34.0 Å². The van der Waals surface area contributed by atoms with Crippen molar-refractivity contribution in [2.45, 2.75) is 26.3 Å². The lowest BCUT2D eigenvalue weighted by molar-refractivity contribution is 0.557. The maximum absolute atomic E-state index is 4.32. The van der Waals surface area contributed by atoms with E-state index in [1.165, 1.54) is 16.1 Å². The molecule has 0 aromatic carbocycles. The first kappa shape index (κ1) is 12.3. The van der Waals surface area contributed by atoms with Gasteiger partial charge in [0, 0.05) is 18.1 Å². The minimum absolute atomic E-state index is 0.204. The van der Waals surface area contributed by atoms with Gasteiger partial charge in [-0.05, 0) is 25.5 Å². The third kappa shape index (κ3) is 2.56. The van der Waals surface area contributed by atoms with Gasteiger partial charge in [-0.3, -0.25) is 9.67 Å². The topological polar surface area (TPSA) is 42.7 Å². The summed E-state index contributed by atoms with van der Waals surface area (Å²) in [7, 11) is 1.99. The fourth-order valence-corrected chi connectivity index (χ4v) is 2.66. The highest BCUT2D eigenvalue weighted by Crippen LogP contribution is 2.26. The molecule has 2 heterocycles. The molecule has 0 spiro atoms. The van der Waals surface area contributed by atoms with Crippen LogP contribution in [-0.4, -0.2) is 21.3 Å². The zero-order valence-corrected chi connectivity index (χ0v) is 11.3. The van der Waals surface area contributed by atoms with E-state index in [1.807, 2.05) is 29.6 Å². The van der Waals surface area contributed by atoms with Crippen LogP contribution in [0.4, 0.5) is 0 Å². The number of nitrogens with zero attached hydrogens (tertiary/aromatic N) is 3. The van der Waals surface area contributed by atoms with Gasteiger partial charge in [0.1, 0.15) is 0 Å². The second-order valence-electron chi connectivity index (χ2n) is 4.13. The highest BCUT2D eigenvalue weighted by atomic mass is 32.1. The molecule has 2 aromatic heterocycles. The van der Waals surface area contributed by atoms with E-state index in [9.17, 15) is 0 Å². The number of hydrogen-bond acceptors (Lipinski definition) is 4. The quantitative estimate of drug-likeness (QED) is 0.885. The molecule has 0 bridgehead atoms. The Bertz CT molecular complexity index is 441. The number of thiazole rings is 1. The average Bonchev–Trinajstić information content (AvgIpc) is 2.93. The van der Waals surface area contributed by atoms with Crippen molar-refractivity contribution in [2.75, 3.05) is 6.54 Å². The number of rotatable bonds is 5. The lowest BCUT2D eigenvalue weighted by Crippen LogP contribution is -2.25. The lowest BCUT2D eigenvalue weighted by Gasteiger charge is -2.18. The summed E-state index contributed by atoms with van der Waals surface area (Å²) in [5.41, 5.74) is 4.32. The van der Waals surface area contributed by atoms with E-state index in [-0.39, 0.29) is 6.04 Å². The lowest BCUT2D eigenvalue weighted by atomic mass is 10.1. The molecule has 0 aliphatic heterocycles. The molecule has 1 unspecified atom stereocenters. The second kappa shape index (κ2) is 5.42. The highest BCUT2D eigenvalue weighted by molar-refractivity contribution is 7.09. The Balaban J connectivity index is 2.33. The first-order valence-electron chi connectivity index (χ1n) is 5.84. The van der Waals surface area contributed by atoms with Crippen LogP contribution in [-0.2, 0) is 7.05 Å². The summed E-state index contributed by atoms with van der Waals surface area (Å²) < 4.78 is 1.95. The maximum atomic E-state index is 4.32. The largest absolute Gasteiger partial charge is 0.304 e. The fraction of sp³-hybridized carbons (Fsp3) is 0.500. The van der Waals surface area contributed by atoms with E-state index in [0.717, 1.165) is 13.0 Å². The molecule has 0 aliphatic rings. The van der Waals surface area contributed by atoms with Crippen LogP contribution < -0.4 is 5.32 Å². The Hall–Kier alpha value is -1.20. The van der Waals surface area contributed by atoms with Gasteiger partial charge in [0.25, 0.3) is 0 Å². The molecular formula is C12H18N4S. The summed E-state index contributed by atoms with van der Waals surface area (Å²) in [6.07, 6.45) is 4.97. The van der Waals surface area contributed by atoms with Crippen LogP contribution in [0.15, 0.2) is 17.9 Å². The van der Waals surface area contributed by atoms with Gasteiger partial charge in [0.15, 0.2) is 0 Å². The molecule has 1 atom stereocenters. The molecule has 5 heteroatoms. The summed E-state index contributed by atoms with van der Waals surface area (Å²) in [4.78, 5) is 5.41. The normalized spacial score (nSPS) is 12.9. The highest BCUT2D eigenvalue weighted by Gasteiger charge is 2.20. The molecule has 0 radical (unpaired) electrons. The van der Waals surface area contributed by atoms with Crippen LogP contribution >= 0.6 is 11.3 Å². The predicted octanol–water partition coefficient (Wildman–Crippen LogP) is 2.27. The molecule has 4 nitrogen and oxygen atoms in total. The van der Waals surface area contributed by atoms with E-state index < -0.39 is 0 Å². The molecule has 0 fully saturated rings. The van der Waals surface area contributed by atoms with Crippen molar-refractivity contribution < 1.29 is 0 Å². The van der Waals surface area contributed by atoms with Gasteiger partial charge >= 0.3 is 0 Å². The van der Waals surface area contributed by atoms with Crippen LogP contribution in [0.1, 0.15) is 35.5 Å². The van der Waals surface area contributed by atoms with Gasteiger partial charge in [-0.25, -0.2) is 0 Å². The molecule has 1 N–H and O–H groups in total. The molecule has 0 amide bonds. The van der Waals surface area contributed by atoms with Crippen LogP contribution in [0.2, 0.25) is 0 Å². The molecule has 17 heavy (non-hydrogen) atoms. The molecule has 92 valence electrons. The molecule has 2 aromatic rings. The zero-order valence-electron chi connectivity index (χ0n) is 10.5. The van der Waals surface area contributed by atoms with Crippen LogP contribution in [0.5, 0.6) is 0 Å². The third-order valence-electron chi connectivity index (χ3n) is 2.79. The fourth-order valence-electron chi connectivity index (χ4n) is 1.96. The van der Waals surface area contributed by atoms with E-state index in [2.05, 4.69) is 29.2 Å². The monoisotopic (exact) mass is 250 g/mol. The Morgan fingerprint density at radius 1 is 1.47 bits per heavy atom. The summed E-state index contributed by atoms with van der Waals surface area (Å²) in [5, 5.41) is 7.88. The Morgan fingerprint density at radius 2 is 2.29 bits per heavy atom. The number of hydrogen-bond donors (Lipinski definition) is 1. The van der Waals surface area contributed by atoms with E-state index in [1.54, 1.807) is 11.3 Å². The minimum atomic E-state index is 0.204. The SMILES string of the molecule is CCCNC(c1cncs1)c1c(C)cnn1C. The Morgan fingerprint density at radius 3 is 2.82 bits per heavy atom. The van der Waals surface area contributed by atoms with Crippen LogP contribution in [0.25, 0.3) is 0 Å². The van der Waals surface area contributed by atoms with Crippen molar-refractivity contribution in [2.24, 2.45) is 7.05 Å². The first-order chi connectivity index (χ1) is 8.24. The smallest absolute Gasteiger partial charge is 0.0860 e. The van der Waals surface area contributed by atoms with Crippen molar-refractivity contribution >= 4 is 11.3 Å². The van der Waals surface area contributed by atoms with Gasteiger partial charge in [0.05, 0.1) is 23.4 Å². The van der Waals surface area contributed by atoms with Crippen LogP contribution in [0.3, 0.4) is 0 Å². The number of aryl methyl sites for hydroxylation is 2. The van der Waals surface area contributed by atoms with E-state index in [0.29, 0.717) is 0 Å². The van der Waals surface area contributed by atoms with E-state index in [4.69, 9.17) is 0 Å². The van der Waals surface area contributed by atoms with Crippen molar-refractivity contribution in [3.8, 4) is 0 Å². The van der Waals surface area contributed by atoms with Gasteiger partial charge < -0.3 is 5.32 Å². The van der Waals surface area contributed by atoms with E-state index >= 15 is 0 Å². The zero-order chi connectivity index (χ0) is 12.3. The Kier molecular flexibility index (Phi) is 3.91. The predicted molar refractivity (Wildman–Crippen MR) is 70.2 cm³/mol. The van der Waals surface area contributed by atoms with Crippen molar-refractivity contribution in [3.63, 3.8) is 0 Å².